The van der Waals surface area contributed by atoms with Gasteiger partial charge in [-0.15, -0.1) is 0 Å². The molecule has 1 heterocycles. The molecule has 1 amide bonds. The van der Waals surface area contributed by atoms with Gasteiger partial charge in [0, 0.05) is 7.11 Å². The molecule has 0 unspecified atom stereocenters. The van der Waals surface area contributed by atoms with E-state index in [1.54, 1.807) is 7.11 Å². The highest BCUT2D eigenvalue weighted by Crippen LogP contribution is 2.29. The number of aryl methyl sites for hydroxylation is 2. The van der Waals surface area contributed by atoms with Crippen molar-refractivity contribution in [2.75, 3.05) is 40.0 Å². The number of carbonyl (C=O) groups is 1. The lowest BCUT2D eigenvalue weighted by Gasteiger charge is -2.35. The van der Waals surface area contributed by atoms with Gasteiger partial charge in [0.1, 0.15) is 12.4 Å². The van der Waals surface area contributed by atoms with E-state index in [9.17, 15) is 4.79 Å². The van der Waals surface area contributed by atoms with Gasteiger partial charge in [0.25, 0.3) is 0 Å². The monoisotopic (exact) mass is 320 g/mol. The molecule has 1 saturated heterocycles. The molecule has 0 spiro atoms. The van der Waals surface area contributed by atoms with Gasteiger partial charge < -0.3 is 20.1 Å². The molecule has 0 atom stereocenters. The van der Waals surface area contributed by atoms with E-state index in [-0.39, 0.29) is 5.91 Å². The summed E-state index contributed by atoms with van der Waals surface area (Å²) in [5, 5.41) is 6.30. The molecule has 1 aromatic carbocycles. The Labute approximate surface area is 138 Å². The zero-order valence-electron chi connectivity index (χ0n) is 14.4. The van der Waals surface area contributed by atoms with Crippen LogP contribution in [0.2, 0.25) is 0 Å². The minimum absolute atomic E-state index is 0.0740. The lowest BCUT2D eigenvalue weighted by atomic mass is 9.78. The van der Waals surface area contributed by atoms with Crippen LogP contribution in [-0.2, 0) is 9.53 Å². The van der Waals surface area contributed by atoms with Gasteiger partial charge in [-0.3, -0.25) is 4.79 Å². The third kappa shape index (κ3) is 4.94. The molecule has 23 heavy (non-hydrogen) atoms. The van der Waals surface area contributed by atoms with Crippen molar-refractivity contribution in [1.82, 2.24) is 10.6 Å². The SMILES string of the molecule is COCC1(C(=O)NCCOc2cc(C)cc(C)c2)CCNCC1. The number of rotatable bonds is 7. The number of piperidine rings is 1. The number of carbonyl (C=O) groups excluding carboxylic acids is 1. The molecule has 0 saturated carbocycles. The first-order valence-electron chi connectivity index (χ1n) is 8.25. The van der Waals surface area contributed by atoms with Crippen LogP contribution in [0.5, 0.6) is 5.75 Å². The number of benzene rings is 1. The molecule has 2 N–H and O–H groups in total. The summed E-state index contributed by atoms with van der Waals surface area (Å²) < 4.78 is 11.0. The highest BCUT2D eigenvalue weighted by molar-refractivity contribution is 5.83. The third-order valence-corrected chi connectivity index (χ3v) is 4.31. The van der Waals surface area contributed by atoms with E-state index in [0.717, 1.165) is 31.7 Å². The topological polar surface area (TPSA) is 59.6 Å². The molecule has 0 aromatic heterocycles. The summed E-state index contributed by atoms with van der Waals surface area (Å²) in [7, 11) is 1.65. The summed E-state index contributed by atoms with van der Waals surface area (Å²) in [6.45, 7) is 7.26. The number of hydrogen-bond acceptors (Lipinski definition) is 4. The van der Waals surface area contributed by atoms with Crippen LogP contribution >= 0.6 is 0 Å². The zero-order chi connectivity index (χ0) is 16.7. The van der Waals surface area contributed by atoms with Gasteiger partial charge in [-0.2, -0.15) is 0 Å². The Morgan fingerprint density at radius 2 is 1.87 bits per heavy atom. The smallest absolute Gasteiger partial charge is 0.228 e. The zero-order valence-corrected chi connectivity index (χ0v) is 14.4. The normalized spacial score (nSPS) is 16.8. The van der Waals surface area contributed by atoms with Crippen LogP contribution in [0.4, 0.5) is 0 Å². The molecule has 2 rings (SSSR count). The van der Waals surface area contributed by atoms with Gasteiger partial charge in [-0.05, 0) is 63.0 Å². The summed E-state index contributed by atoms with van der Waals surface area (Å²) in [6.07, 6.45) is 1.62. The number of methoxy groups -OCH3 is 1. The van der Waals surface area contributed by atoms with Crippen molar-refractivity contribution >= 4 is 5.91 Å². The molecular weight excluding hydrogens is 292 g/mol. The van der Waals surface area contributed by atoms with Crippen molar-refractivity contribution in [2.24, 2.45) is 5.41 Å². The van der Waals surface area contributed by atoms with Crippen molar-refractivity contribution in [2.45, 2.75) is 26.7 Å². The lowest BCUT2D eigenvalue weighted by Crippen LogP contribution is -2.50. The summed E-state index contributed by atoms with van der Waals surface area (Å²) in [4.78, 5) is 12.6. The van der Waals surface area contributed by atoms with E-state index in [0.29, 0.717) is 19.8 Å². The van der Waals surface area contributed by atoms with E-state index < -0.39 is 5.41 Å². The molecule has 1 aromatic rings. The maximum atomic E-state index is 12.6. The predicted molar refractivity (Wildman–Crippen MR) is 90.8 cm³/mol. The molecule has 5 heteroatoms. The van der Waals surface area contributed by atoms with Crippen molar-refractivity contribution in [1.29, 1.82) is 0 Å². The van der Waals surface area contributed by atoms with E-state index in [2.05, 4.69) is 16.7 Å². The van der Waals surface area contributed by atoms with Crippen LogP contribution < -0.4 is 15.4 Å². The number of hydrogen-bond donors (Lipinski definition) is 2. The molecule has 1 aliphatic rings. The fourth-order valence-corrected chi connectivity index (χ4v) is 3.16. The number of ether oxygens (including phenoxy) is 2. The maximum Gasteiger partial charge on any atom is 0.228 e. The minimum Gasteiger partial charge on any atom is -0.492 e. The van der Waals surface area contributed by atoms with Gasteiger partial charge >= 0.3 is 0 Å². The Morgan fingerprint density at radius 1 is 1.22 bits per heavy atom. The van der Waals surface area contributed by atoms with Crippen LogP contribution in [0.3, 0.4) is 0 Å². The average Bonchev–Trinajstić information content (AvgIpc) is 2.51. The quantitative estimate of drug-likeness (QED) is 0.752. The molecular formula is C18H28N2O3. The Kier molecular flexibility index (Phi) is 6.42. The van der Waals surface area contributed by atoms with Crippen molar-refractivity contribution in [3.63, 3.8) is 0 Å². The maximum absolute atomic E-state index is 12.6. The summed E-state index contributed by atoms with van der Waals surface area (Å²) in [5.74, 6) is 0.926. The molecule has 1 aliphatic heterocycles. The second kappa shape index (κ2) is 8.31. The lowest BCUT2D eigenvalue weighted by molar-refractivity contribution is -0.136. The Bertz CT molecular complexity index is 499. The van der Waals surface area contributed by atoms with Crippen molar-refractivity contribution in [3.05, 3.63) is 29.3 Å². The second-order valence-electron chi connectivity index (χ2n) is 6.39. The Balaban J connectivity index is 1.81. The van der Waals surface area contributed by atoms with Crippen molar-refractivity contribution in [3.8, 4) is 5.75 Å². The molecule has 128 valence electrons. The molecule has 0 bridgehead atoms. The molecule has 0 aliphatic carbocycles. The fraction of sp³-hybridized carbons (Fsp3) is 0.611. The van der Waals surface area contributed by atoms with E-state index in [4.69, 9.17) is 9.47 Å². The van der Waals surface area contributed by atoms with E-state index in [1.807, 2.05) is 26.0 Å². The molecule has 0 radical (unpaired) electrons. The van der Waals surface area contributed by atoms with Crippen LogP contribution in [-0.4, -0.2) is 45.9 Å². The van der Waals surface area contributed by atoms with E-state index in [1.165, 1.54) is 11.1 Å². The highest BCUT2D eigenvalue weighted by Gasteiger charge is 2.39. The average molecular weight is 320 g/mol. The van der Waals surface area contributed by atoms with Gasteiger partial charge in [-0.25, -0.2) is 0 Å². The van der Waals surface area contributed by atoms with Crippen LogP contribution in [0, 0.1) is 19.3 Å². The molecule has 5 nitrogen and oxygen atoms in total. The Morgan fingerprint density at radius 3 is 2.48 bits per heavy atom. The van der Waals surface area contributed by atoms with Gasteiger partial charge in [-0.1, -0.05) is 6.07 Å². The number of amides is 1. The second-order valence-corrected chi connectivity index (χ2v) is 6.39. The van der Waals surface area contributed by atoms with Gasteiger partial charge in [0.15, 0.2) is 0 Å². The van der Waals surface area contributed by atoms with Crippen LogP contribution in [0.25, 0.3) is 0 Å². The number of nitrogens with one attached hydrogen (secondary N) is 2. The first-order chi connectivity index (χ1) is 11.1. The summed E-state index contributed by atoms with van der Waals surface area (Å²) in [5.41, 5.74) is 1.95. The molecule has 1 fully saturated rings. The van der Waals surface area contributed by atoms with Gasteiger partial charge in [0.2, 0.25) is 5.91 Å². The predicted octanol–water partition coefficient (Wildman–Crippen LogP) is 1.81. The Hall–Kier alpha value is -1.59. The van der Waals surface area contributed by atoms with Crippen molar-refractivity contribution < 1.29 is 14.3 Å². The van der Waals surface area contributed by atoms with E-state index >= 15 is 0 Å². The van der Waals surface area contributed by atoms with Crippen LogP contribution in [0.1, 0.15) is 24.0 Å². The fourth-order valence-electron chi connectivity index (χ4n) is 3.16. The standard InChI is InChI=1S/C18H28N2O3/c1-14-10-15(2)12-16(11-14)23-9-8-20-17(21)18(13-22-3)4-6-19-7-5-18/h10-12,19H,4-9,13H2,1-3H3,(H,20,21). The summed E-state index contributed by atoms with van der Waals surface area (Å²) >= 11 is 0. The summed E-state index contributed by atoms with van der Waals surface area (Å²) in [6, 6.07) is 6.13. The van der Waals surface area contributed by atoms with Gasteiger partial charge in [0.05, 0.1) is 18.6 Å². The first kappa shape index (κ1) is 17.8. The minimum atomic E-state index is -0.403. The first-order valence-corrected chi connectivity index (χ1v) is 8.25. The third-order valence-electron chi connectivity index (χ3n) is 4.31. The highest BCUT2D eigenvalue weighted by atomic mass is 16.5. The largest absolute Gasteiger partial charge is 0.492 e. The van der Waals surface area contributed by atoms with Crippen LogP contribution in [0.15, 0.2) is 18.2 Å².